The number of unbranched alkanes of at least 4 members (excludes halogenated alkanes) is 2. The number of rotatable bonds is 14. The van der Waals surface area contributed by atoms with Crippen molar-refractivity contribution in [2.45, 2.75) is 46.0 Å². The van der Waals surface area contributed by atoms with Gasteiger partial charge in [-0.15, -0.1) is 6.58 Å². The lowest BCUT2D eigenvalue weighted by Gasteiger charge is -2.16. The number of methoxy groups -OCH3 is 1. The van der Waals surface area contributed by atoms with Crippen LogP contribution in [0, 0.1) is 0 Å². The van der Waals surface area contributed by atoms with Gasteiger partial charge < -0.3 is 14.2 Å². The number of ether oxygens (including phenoxy) is 3. The first-order valence-electron chi connectivity index (χ1n) is 11.0. The maximum atomic E-state index is 12.6. The standard InChI is InChI=1S/C27H34O4/c1-5-8-17-30-26-20-27(31-18-9-6-2)23(19-22(26)10-7-3)13-16-25(28)21-11-14-24(29-4)15-12-21/h7,11-16,19-20H,3,5-6,8-10,17-18H2,1-2,4H3. The lowest BCUT2D eigenvalue weighted by atomic mass is 10.0. The van der Waals surface area contributed by atoms with Crippen molar-refractivity contribution in [3.63, 3.8) is 0 Å². The Morgan fingerprint density at radius 2 is 1.61 bits per heavy atom. The number of ketones is 1. The van der Waals surface area contributed by atoms with Crippen LogP contribution in [0.25, 0.3) is 6.08 Å². The van der Waals surface area contributed by atoms with Crippen LogP contribution in [-0.4, -0.2) is 26.1 Å². The van der Waals surface area contributed by atoms with Crippen molar-refractivity contribution >= 4 is 11.9 Å². The monoisotopic (exact) mass is 422 g/mol. The number of hydrogen-bond donors (Lipinski definition) is 0. The molecule has 0 unspecified atom stereocenters. The molecular formula is C27H34O4. The van der Waals surface area contributed by atoms with Crippen LogP contribution in [0.2, 0.25) is 0 Å². The average molecular weight is 423 g/mol. The van der Waals surface area contributed by atoms with E-state index >= 15 is 0 Å². The molecule has 0 aliphatic carbocycles. The second-order valence-electron chi connectivity index (χ2n) is 7.32. The van der Waals surface area contributed by atoms with Crippen LogP contribution < -0.4 is 14.2 Å². The molecule has 0 spiro atoms. The van der Waals surface area contributed by atoms with Gasteiger partial charge in [0.2, 0.25) is 0 Å². The fourth-order valence-electron chi connectivity index (χ4n) is 3.00. The van der Waals surface area contributed by atoms with Gasteiger partial charge in [-0.1, -0.05) is 32.8 Å². The minimum absolute atomic E-state index is 0.0734. The van der Waals surface area contributed by atoms with Crippen molar-refractivity contribution in [2.24, 2.45) is 0 Å². The Labute approximate surface area is 186 Å². The molecule has 0 heterocycles. The first kappa shape index (κ1) is 24.3. The summed E-state index contributed by atoms with van der Waals surface area (Å²) < 4.78 is 17.2. The van der Waals surface area contributed by atoms with Crippen molar-refractivity contribution < 1.29 is 19.0 Å². The Morgan fingerprint density at radius 3 is 2.19 bits per heavy atom. The highest BCUT2D eigenvalue weighted by molar-refractivity contribution is 6.07. The van der Waals surface area contributed by atoms with E-state index in [4.69, 9.17) is 14.2 Å². The summed E-state index contributed by atoms with van der Waals surface area (Å²) >= 11 is 0. The molecule has 4 heteroatoms. The zero-order valence-electron chi connectivity index (χ0n) is 19.0. The summed E-state index contributed by atoms with van der Waals surface area (Å²) in [5.74, 6) is 2.19. The average Bonchev–Trinajstić information content (AvgIpc) is 2.79. The Morgan fingerprint density at radius 1 is 0.968 bits per heavy atom. The molecule has 0 fully saturated rings. The lowest BCUT2D eigenvalue weighted by molar-refractivity contribution is 0.104. The minimum Gasteiger partial charge on any atom is -0.497 e. The molecule has 0 aliphatic heterocycles. The molecule has 0 saturated heterocycles. The zero-order chi connectivity index (χ0) is 22.5. The summed E-state index contributed by atoms with van der Waals surface area (Å²) in [4.78, 5) is 12.6. The molecule has 2 aromatic carbocycles. The first-order chi connectivity index (χ1) is 15.1. The highest BCUT2D eigenvalue weighted by Crippen LogP contribution is 2.32. The van der Waals surface area contributed by atoms with Crippen LogP contribution in [0.3, 0.4) is 0 Å². The van der Waals surface area contributed by atoms with Crippen molar-refractivity contribution in [1.29, 1.82) is 0 Å². The van der Waals surface area contributed by atoms with E-state index in [0.29, 0.717) is 25.2 Å². The summed E-state index contributed by atoms with van der Waals surface area (Å²) in [6.07, 6.45) is 10.0. The van der Waals surface area contributed by atoms with Gasteiger partial charge in [0.05, 0.1) is 20.3 Å². The molecule has 0 bridgehead atoms. The molecule has 2 aromatic rings. The Kier molecular flexibility index (Phi) is 10.4. The third-order valence-electron chi connectivity index (χ3n) is 4.86. The number of allylic oxidation sites excluding steroid dienone is 2. The molecule has 0 aliphatic rings. The molecule has 31 heavy (non-hydrogen) atoms. The van der Waals surface area contributed by atoms with Gasteiger partial charge in [0, 0.05) is 17.2 Å². The van der Waals surface area contributed by atoms with Crippen LogP contribution in [0.15, 0.2) is 55.1 Å². The second-order valence-corrected chi connectivity index (χ2v) is 7.32. The van der Waals surface area contributed by atoms with E-state index < -0.39 is 0 Å². The van der Waals surface area contributed by atoms with Gasteiger partial charge in [0.25, 0.3) is 0 Å². The third kappa shape index (κ3) is 7.63. The molecule has 0 radical (unpaired) electrons. The lowest BCUT2D eigenvalue weighted by Crippen LogP contribution is -2.04. The van der Waals surface area contributed by atoms with Crippen LogP contribution in [0.4, 0.5) is 0 Å². The second kappa shape index (κ2) is 13.3. The predicted octanol–water partition coefficient (Wildman–Crippen LogP) is 6.68. The summed E-state index contributed by atoms with van der Waals surface area (Å²) in [6.45, 7) is 9.42. The highest BCUT2D eigenvalue weighted by atomic mass is 16.5. The van der Waals surface area contributed by atoms with Crippen LogP contribution in [0.5, 0.6) is 17.2 Å². The fraction of sp³-hybridized carbons (Fsp3) is 0.370. The minimum atomic E-state index is -0.0734. The van der Waals surface area contributed by atoms with E-state index in [-0.39, 0.29) is 5.78 Å². The molecule has 0 N–H and O–H groups in total. The van der Waals surface area contributed by atoms with Gasteiger partial charge in [-0.05, 0) is 67.3 Å². The maximum absolute atomic E-state index is 12.6. The molecule has 0 saturated carbocycles. The van der Waals surface area contributed by atoms with Gasteiger partial charge in [-0.3, -0.25) is 4.79 Å². The zero-order valence-corrected chi connectivity index (χ0v) is 19.0. The Bertz CT molecular complexity index is 866. The Balaban J connectivity index is 2.31. The molecular weight excluding hydrogens is 388 g/mol. The SMILES string of the molecule is C=CCc1cc(C=CC(=O)c2ccc(OC)cc2)c(OCCCC)cc1OCCCC. The van der Waals surface area contributed by atoms with Crippen molar-refractivity contribution in [3.8, 4) is 17.2 Å². The van der Waals surface area contributed by atoms with E-state index in [1.54, 1.807) is 37.5 Å². The summed E-state index contributed by atoms with van der Waals surface area (Å²) in [7, 11) is 1.60. The summed E-state index contributed by atoms with van der Waals surface area (Å²) in [6, 6.07) is 11.1. The van der Waals surface area contributed by atoms with Crippen LogP contribution >= 0.6 is 0 Å². The Hall–Kier alpha value is -3.01. The number of carbonyl (C=O) groups is 1. The normalized spacial score (nSPS) is 10.8. The topological polar surface area (TPSA) is 44.8 Å². The quantitative estimate of drug-likeness (QED) is 0.147. The van der Waals surface area contributed by atoms with Crippen molar-refractivity contribution in [1.82, 2.24) is 0 Å². The van der Waals surface area contributed by atoms with Crippen molar-refractivity contribution in [3.05, 3.63) is 71.8 Å². The molecule has 0 amide bonds. The van der Waals surface area contributed by atoms with E-state index in [1.807, 2.05) is 24.3 Å². The van der Waals surface area contributed by atoms with Gasteiger partial charge in [0.15, 0.2) is 5.78 Å². The summed E-state index contributed by atoms with van der Waals surface area (Å²) in [5.41, 5.74) is 2.50. The van der Waals surface area contributed by atoms with Gasteiger partial charge in [-0.25, -0.2) is 0 Å². The largest absolute Gasteiger partial charge is 0.497 e. The van der Waals surface area contributed by atoms with Crippen molar-refractivity contribution in [2.75, 3.05) is 20.3 Å². The van der Waals surface area contributed by atoms with Crippen LogP contribution in [0.1, 0.15) is 61.0 Å². The molecule has 2 rings (SSSR count). The predicted molar refractivity (Wildman–Crippen MR) is 128 cm³/mol. The molecule has 0 atom stereocenters. The van der Waals surface area contributed by atoms with E-state index in [0.717, 1.165) is 54.1 Å². The van der Waals surface area contributed by atoms with Gasteiger partial charge >= 0.3 is 0 Å². The number of carbonyl (C=O) groups excluding carboxylic acids is 1. The third-order valence-corrected chi connectivity index (χ3v) is 4.86. The van der Waals surface area contributed by atoms with E-state index in [1.165, 1.54) is 0 Å². The molecule has 4 nitrogen and oxygen atoms in total. The molecule has 166 valence electrons. The molecule has 0 aromatic heterocycles. The van der Waals surface area contributed by atoms with E-state index in [2.05, 4.69) is 20.4 Å². The van der Waals surface area contributed by atoms with Gasteiger partial charge in [0.1, 0.15) is 17.2 Å². The fourth-order valence-corrected chi connectivity index (χ4v) is 3.00. The first-order valence-corrected chi connectivity index (χ1v) is 11.0. The number of hydrogen-bond acceptors (Lipinski definition) is 4. The maximum Gasteiger partial charge on any atom is 0.185 e. The smallest absolute Gasteiger partial charge is 0.185 e. The number of benzene rings is 2. The summed E-state index contributed by atoms with van der Waals surface area (Å²) in [5, 5.41) is 0. The highest BCUT2D eigenvalue weighted by Gasteiger charge is 2.11. The van der Waals surface area contributed by atoms with E-state index in [9.17, 15) is 4.79 Å². The van der Waals surface area contributed by atoms with Gasteiger partial charge in [-0.2, -0.15) is 0 Å². The van der Waals surface area contributed by atoms with Crippen LogP contribution in [-0.2, 0) is 6.42 Å².